The van der Waals surface area contributed by atoms with Crippen LogP contribution in [0.1, 0.15) is 10.4 Å². The van der Waals surface area contributed by atoms with E-state index in [0.29, 0.717) is 11.5 Å². The molecule has 1 heterocycles. The van der Waals surface area contributed by atoms with Gasteiger partial charge in [-0.15, -0.1) is 11.3 Å². The van der Waals surface area contributed by atoms with E-state index in [2.05, 4.69) is 0 Å². The summed E-state index contributed by atoms with van der Waals surface area (Å²) in [6.45, 7) is 0.293. The number of hydrogen-bond acceptors (Lipinski definition) is 5. The van der Waals surface area contributed by atoms with E-state index in [9.17, 15) is 0 Å². The second-order valence-corrected chi connectivity index (χ2v) is 5.18. The lowest BCUT2D eigenvalue weighted by Gasteiger charge is -2.12. The van der Waals surface area contributed by atoms with Crippen molar-refractivity contribution in [2.45, 2.75) is 0 Å². The number of aliphatic hydroxyl groups is 2. The topological polar surface area (TPSA) is 58.9 Å². The van der Waals surface area contributed by atoms with Gasteiger partial charge in [-0.3, -0.25) is 0 Å². The maximum absolute atomic E-state index is 8.87. The molecule has 1 aromatic heterocycles. The Kier molecular flexibility index (Phi) is 6.27. The average molecular weight is 306 g/mol. The van der Waals surface area contributed by atoms with Gasteiger partial charge in [0.25, 0.3) is 0 Å². The highest BCUT2D eigenvalue weighted by atomic mass is 32.1. The van der Waals surface area contributed by atoms with Crippen LogP contribution in [-0.2, 0) is 0 Å². The third-order valence-electron chi connectivity index (χ3n) is 2.65. The highest BCUT2D eigenvalue weighted by molar-refractivity contribution is 7.10. The van der Waals surface area contributed by atoms with Crippen molar-refractivity contribution in [3.8, 4) is 11.5 Å². The van der Waals surface area contributed by atoms with E-state index in [4.69, 9.17) is 19.7 Å². The number of ether oxygens (including phenoxy) is 2. The SMILES string of the molecule is OCCOc1ccc(/C=C/c2cccs2)cc1OCCO. The third-order valence-corrected chi connectivity index (χ3v) is 3.49. The van der Waals surface area contributed by atoms with E-state index in [0.717, 1.165) is 5.56 Å². The summed E-state index contributed by atoms with van der Waals surface area (Å²) in [5.41, 5.74) is 0.979. The summed E-state index contributed by atoms with van der Waals surface area (Å²) in [4.78, 5) is 1.17. The Morgan fingerprint density at radius 1 is 0.952 bits per heavy atom. The van der Waals surface area contributed by atoms with Gasteiger partial charge in [0.1, 0.15) is 13.2 Å². The van der Waals surface area contributed by atoms with Crippen LogP contribution in [0.3, 0.4) is 0 Å². The smallest absolute Gasteiger partial charge is 0.161 e. The third kappa shape index (κ3) is 4.90. The Morgan fingerprint density at radius 3 is 2.38 bits per heavy atom. The van der Waals surface area contributed by atoms with Crippen LogP contribution in [0.2, 0.25) is 0 Å². The molecule has 0 saturated carbocycles. The zero-order valence-electron chi connectivity index (χ0n) is 11.6. The fraction of sp³-hybridized carbons (Fsp3) is 0.250. The van der Waals surface area contributed by atoms with Gasteiger partial charge in [0.05, 0.1) is 13.2 Å². The van der Waals surface area contributed by atoms with Crippen LogP contribution in [0.15, 0.2) is 35.7 Å². The van der Waals surface area contributed by atoms with Crippen LogP contribution in [0.4, 0.5) is 0 Å². The van der Waals surface area contributed by atoms with Crippen molar-refractivity contribution in [2.24, 2.45) is 0 Å². The van der Waals surface area contributed by atoms with Crippen molar-refractivity contribution in [1.82, 2.24) is 0 Å². The van der Waals surface area contributed by atoms with Gasteiger partial charge in [0.2, 0.25) is 0 Å². The normalized spacial score (nSPS) is 11.0. The molecule has 1 aromatic carbocycles. The Balaban J connectivity index is 2.15. The van der Waals surface area contributed by atoms with Crippen molar-refractivity contribution >= 4 is 23.5 Å². The van der Waals surface area contributed by atoms with Crippen LogP contribution in [0.25, 0.3) is 12.2 Å². The first-order valence-corrected chi connectivity index (χ1v) is 7.54. The molecule has 0 unspecified atom stereocenters. The lowest BCUT2D eigenvalue weighted by Crippen LogP contribution is -2.06. The Bertz CT molecular complexity index is 564. The van der Waals surface area contributed by atoms with Crippen LogP contribution < -0.4 is 9.47 Å². The van der Waals surface area contributed by atoms with Crippen molar-refractivity contribution in [3.63, 3.8) is 0 Å². The molecule has 2 aromatic rings. The van der Waals surface area contributed by atoms with Gasteiger partial charge in [-0.25, -0.2) is 0 Å². The predicted octanol–water partition coefficient (Wildman–Crippen LogP) is 2.66. The van der Waals surface area contributed by atoms with E-state index >= 15 is 0 Å². The molecular weight excluding hydrogens is 288 g/mol. The Labute approximate surface area is 127 Å². The fourth-order valence-corrected chi connectivity index (χ4v) is 2.35. The first-order chi connectivity index (χ1) is 10.3. The van der Waals surface area contributed by atoms with Crippen molar-refractivity contribution in [3.05, 3.63) is 46.2 Å². The minimum Gasteiger partial charge on any atom is -0.487 e. The molecule has 4 nitrogen and oxygen atoms in total. The number of benzene rings is 1. The van der Waals surface area contributed by atoms with Gasteiger partial charge >= 0.3 is 0 Å². The average Bonchev–Trinajstić information content (AvgIpc) is 3.03. The van der Waals surface area contributed by atoms with Crippen LogP contribution in [-0.4, -0.2) is 36.6 Å². The molecule has 2 N–H and O–H groups in total. The van der Waals surface area contributed by atoms with Gasteiger partial charge in [0.15, 0.2) is 11.5 Å². The molecule has 2 rings (SSSR count). The van der Waals surface area contributed by atoms with Crippen molar-refractivity contribution in [1.29, 1.82) is 0 Å². The molecule has 0 radical (unpaired) electrons. The van der Waals surface area contributed by atoms with Crippen LogP contribution in [0.5, 0.6) is 11.5 Å². The molecule has 0 aliphatic carbocycles. The number of thiophene rings is 1. The summed E-state index contributed by atoms with van der Waals surface area (Å²) >= 11 is 1.67. The minimum absolute atomic E-state index is 0.0561. The van der Waals surface area contributed by atoms with E-state index in [1.807, 2.05) is 41.8 Å². The van der Waals surface area contributed by atoms with Gasteiger partial charge < -0.3 is 19.7 Å². The van der Waals surface area contributed by atoms with Gasteiger partial charge in [-0.05, 0) is 35.2 Å². The summed E-state index contributed by atoms with van der Waals surface area (Å²) in [6, 6.07) is 9.63. The number of aliphatic hydroxyl groups excluding tert-OH is 2. The first-order valence-electron chi connectivity index (χ1n) is 6.66. The Morgan fingerprint density at radius 2 is 1.71 bits per heavy atom. The van der Waals surface area contributed by atoms with E-state index in [1.54, 1.807) is 17.4 Å². The molecule has 0 saturated heterocycles. The molecule has 0 atom stereocenters. The van der Waals surface area contributed by atoms with Crippen LogP contribution >= 0.6 is 11.3 Å². The summed E-state index contributed by atoms with van der Waals surface area (Å²) in [5, 5.41) is 19.7. The van der Waals surface area contributed by atoms with Crippen LogP contribution in [0, 0.1) is 0 Å². The molecule has 0 fully saturated rings. The summed E-state index contributed by atoms with van der Waals surface area (Å²) in [5.74, 6) is 1.12. The maximum Gasteiger partial charge on any atom is 0.161 e. The molecule has 0 bridgehead atoms. The molecule has 112 valence electrons. The molecule has 0 aliphatic rings. The number of rotatable bonds is 8. The van der Waals surface area contributed by atoms with Gasteiger partial charge in [0, 0.05) is 4.88 Å². The first kappa shape index (κ1) is 15.6. The molecule has 0 spiro atoms. The fourth-order valence-electron chi connectivity index (χ4n) is 1.74. The highest BCUT2D eigenvalue weighted by Gasteiger charge is 2.06. The summed E-state index contributed by atoms with van der Waals surface area (Å²) in [6.07, 6.45) is 4.03. The van der Waals surface area contributed by atoms with E-state index < -0.39 is 0 Å². The quantitative estimate of drug-likeness (QED) is 0.787. The second kappa shape index (κ2) is 8.46. The standard InChI is InChI=1S/C16H18O4S/c17-7-9-19-15-6-4-13(12-16(15)20-10-8-18)3-5-14-2-1-11-21-14/h1-6,11-12,17-18H,7-10H2/b5-3+. The van der Waals surface area contributed by atoms with Crippen molar-refractivity contribution in [2.75, 3.05) is 26.4 Å². The lowest BCUT2D eigenvalue weighted by atomic mass is 10.2. The molecule has 0 aliphatic heterocycles. The predicted molar refractivity (Wildman–Crippen MR) is 84.9 cm³/mol. The summed E-state index contributed by atoms with van der Waals surface area (Å²) in [7, 11) is 0. The molecular formula is C16H18O4S. The molecule has 5 heteroatoms. The maximum atomic E-state index is 8.87. The van der Waals surface area contributed by atoms with Crippen molar-refractivity contribution < 1.29 is 19.7 Å². The van der Waals surface area contributed by atoms with Gasteiger partial charge in [-0.2, -0.15) is 0 Å². The molecule has 0 amide bonds. The summed E-state index contributed by atoms with van der Waals surface area (Å²) < 4.78 is 10.9. The zero-order valence-corrected chi connectivity index (χ0v) is 12.4. The molecule has 21 heavy (non-hydrogen) atoms. The van der Waals surface area contributed by atoms with Gasteiger partial charge in [-0.1, -0.05) is 18.2 Å². The van der Waals surface area contributed by atoms with E-state index in [1.165, 1.54) is 4.88 Å². The second-order valence-electron chi connectivity index (χ2n) is 4.20. The zero-order chi connectivity index (χ0) is 14.9. The lowest BCUT2D eigenvalue weighted by molar-refractivity contribution is 0.178. The largest absolute Gasteiger partial charge is 0.487 e. The monoisotopic (exact) mass is 306 g/mol. The number of hydrogen-bond donors (Lipinski definition) is 2. The Hall–Kier alpha value is -1.82. The van der Waals surface area contributed by atoms with E-state index in [-0.39, 0.29) is 26.4 Å². The minimum atomic E-state index is -0.0608. The highest BCUT2D eigenvalue weighted by Crippen LogP contribution is 2.29.